The summed E-state index contributed by atoms with van der Waals surface area (Å²) in [5.41, 5.74) is 5.31. The summed E-state index contributed by atoms with van der Waals surface area (Å²) in [6.07, 6.45) is 2.17. The van der Waals surface area contributed by atoms with Gasteiger partial charge in [-0.1, -0.05) is 79.0 Å². The normalized spacial score (nSPS) is 18.1. The van der Waals surface area contributed by atoms with Crippen molar-refractivity contribution in [3.8, 4) is 0 Å². The number of hydrogen-bond acceptors (Lipinski definition) is 1. The van der Waals surface area contributed by atoms with Crippen LogP contribution in [-0.2, 0) is 0 Å². The van der Waals surface area contributed by atoms with Crippen molar-refractivity contribution >= 4 is 44.1 Å². The van der Waals surface area contributed by atoms with Crippen LogP contribution in [0.25, 0.3) is 11.6 Å². The second kappa shape index (κ2) is 6.91. The molecule has 1 aliphatic heterocycles. The van der Waals surface area contributed by atoms with Gasteiger partial charge in [-0.3, -0.25) is 0 Å². The van der Waals surface area contributed by atoms with Gasteiger partial charge in [0, 0.05) is 0 Å². The molecule has 0 aliphatic carbocycles. The van der Waals surface area contributed by atoms with Gasteiger partial charge < -0.3 is 5.11 Å². The van der Waals surface area contributed by atoms with Crippen LogP contribution in [-0.4, -0.2) is 27.2 Å². The highest BCUT2D eigenvalue weighted by Gasteiger charge is 2.39. The summed E-state index contributed by atoms with van der Waals surface area (Å²) >= 11 is 0. The maximum atomic E-state index is 11.0. The number of rotatable bonds is 3. The van der Waals surface area contributed by atoms with Gasteiger partial charge in [-0.2, -0.15) is 0 Å². The Morgan fingerprint density at radius 1 is 0.963 bits per heavy atom. The molecule has 0 radical (unpaired) electrons. The van der Waals surface area contributed by atoms with Crippen LogP contribution in [0, 0.1) is 6.92 Å². The largest absolute Gasteiger partial charge is 0.478 e. The highest BCUT2D eigenvalue weighted by atomic mass is 28.3. The smallest absolute Gasteiger partial charge is 0.335 e. The fraction of sp³-hybridized carbons (Fsp3) is 0.348. The molecule has 0 saturated carbocycles. The Labute approximate surface area is 165 Å². The van der Waals surface area contributed by atoms with Crippen molar-refractivity contribution in [1.82, 2.24) is 0 Å². The van der Waals surface area contributed by atoms with Crippen LogP contribution in [0.2, 0.25) is 38.3 Å². The maximum Gasteiger partial charge on any atom is 0.335 e. The molecule has 0 aromatic heterocycles. The lowest BCUT2D eigenvalue weighted by Gasteiger charge is -2.40. The van der Waals surface area contributed by atoms with E-state index in [-0.39, 0.29) is 0 Å². The van der Waals surface area contributed by atoms with Gasteiger partial charge in [0.1, 0.15) is 0 Å². The van der Waals surface area contributed by atoms with Crippen molar-refractivity contribution in [2.45, 2.75) is 52.1 Å². The molecule has 0 spiro atoms. The Morgan fingerprint density at radius 2 is 1.48 bits per heavy atom. The molecule has 1 N–H and O–H groups in total. The minimum absolute atomic E-state index is 0.328. The van der Waals surface area contributed by atoms with Gasteiger partial charge in [-0.05, 0) is 48.2 Å². The summed E-state index contributed by atoms with van der Waals surface area (Å²) in [7, 11) is -2.69. The van der Waals surface area contributed by atoms with Crippen molar-refractivity contribution in [2.24, 2.45) is 0 Å². The third-order valence-electron chi connectivity index (χ3n) is 6.16. The van der Waals surface area contributed by atoms with Gasteiger partial charge in [0.15, 0.2) is 0 Å². The van der Waals surface area contributed by atoms with Gasteiger partial charge in [-0.25, -0.2) is 4.79 Å². The lowest BCUT2D eigenvalue weighted by Crippen LogP contribution is -2.63. The number of aryl methyl sites for hydroxylation is 1. The number of benzene rings is 2. The predicted octanol–water partition coefficient (Wildman–Crippen LogP) is 5.10. The summed E-state index contributed by atoms with van der Waals surface area (Å²) in [6.45, 7) is 14.5. The molecule has 4 heteroatoms. The molecule has 2 aromatic carbocycles. The number of allylic oxidation sites excluding steroid dienone is 1. The molecule has 3 rings (SSSR count). The van der Waals surface area contributed by atoms with Crippen LogP contribution in [0.4, 0.5) is 0 Å². The van der Waals surface area contributed by atoms with Crippen LogP contribution < -0.4 is 10.4 Å². The number of hydrogen-bond donors (Lipinski definition) is 1. The molecule has 142 valence electrons. The Kier molecular flexibility index (Phi) is 5.08. The minimum atomic E-state index is -1.37. The van der Waals surface area contributed by atoms with E-state index in [1.54, 1.807) is 22.5 Å². The van der Waals surface area contributed by atoms with Crippen molar-refractivity contribution < 1.29 is 9.90 Å². The number of fused-ring (bicyclic) bond motifs is 1. The Bertz CT molecular complexity index is 922. The quantitative estimate of drug-likeness (QED) is 0.581. The van der Waals surface area contributed by atoms with Gasteiger partial charge in [0.25, 0.3) is 0 Å². The predicted molar refractivity (Wildman–Crippen MR) is 122 cm³/mol. The molecule has 0 bridgehead atoms. The number of carboxylic acid groups (broad SMARTS) is 1. The molecular weight excluding hydrogens is 364 g/mol. The zero-order chi connectivity index (χ0) is 20.0. The van der Waals surface area contributed by atoms with Gasteiger partial charge in [0.2, 0.25) is 0 Å². The first kappa shape index (κ1) is 19.8. The lowest BCUT2D eigenvalue weighted by molar-refractivity contribution is 0.0697. The molecule has 2 aromatic rings. The van der Waals surface area contributed by atoms with Crippen LogP contribution >= 0.6 is 0 Å². The van der Waals surface area contributed by atoms with E-state index in [4.69, 9.17) is 5.11 Å². The third kappa shape index (κ3) is 3.87. The van der Waals surface area contributed by atoms with Crippen molar-refractivity contribution in [2.75, 3.05) is 0 Å². The standard InChI is InChI=1S/C23H30O2Si2/c1-16(13-18-7-9-19(10-8-18)23(24)25)20-15-22-21(14-17(20)2)26(3,4)11-12-27(22,5)6/h7-10,13-15H,11-12H2,1-6H3,(H,24,25)/b16-13+. The summed E-state index contributed by atoms with van der Waals surface area (Å²) in [6, 6.07) is 14.9. The first-order valence-electron chi connectivity index (χ1n) is 9.69. The summed E-state index contributed by atoms with van der Waals surface area (Å²) in [5.74, 6) is -0.883. The first-order valence-corrected chi connectivity index (χ1v) is 16.1. The highest BCUT2D eigenvalue weighted by molar-refractivity contribution is 7.03. The highest BCUT2D eigenvalue weighted by Crippen LogP contribution is 2.29. The van der Waals surface area contributed by atoms with E-state index in [1.165, 1.54) is 28.8 Å². The average molecular weight is 395 g/mol. The zero-order valence-corrected chi connectivity index (χ0v) is 19.3. The number of carboxylic acids is 1. The summed E-state index contributed by atoms with van der Waals surface area (Å²) in [4.78, 5) is 11.0. The van der Waals surface area contributed by atoms with E-state index in [0.29, 0.717) is 5.56 Å². The second-order valence-corrected chi connectivity index (χ2v) is 18.8. The van der Waals surface area contributed by atoms with E-state index < -0.39 is 22.1 Å². The van der Waals surface area contributed by atoms with Crippen LogP contribution in [0.3, 0.4) is 0 Å². The molecule has 2 nitrogen and oxygen atoms in total. The van der Waals surface area contributed by atoms with E-state index in [1.807, 2.05) is 12.1 Å². The Morgan fingerprint density at radius 3 is 2.00 bits per heavy atom. The SMILES string of the molecule is C/C(=C\c1ccc(C(=O)O)cc1)c1cc2c(cc1C)[Si](C)(C)CC[Si]2(C)C. The fourth-order valence-electron chi connectivity index (χ4n) is 4.20. The van der Waals surface area contributed by atoms with Gasteiger partial charge in [-0.15, -0.1) is 0 Å². The molecule has 0 atom stereocenters. The first-order chi connectivity index (χ1) is 12.5. The van der Waals surface area contributed by atoms with Crippen LogP contribution in [0.1, 0.15) is 34.0 Å². The van der Waals surface area contributed by atoms with Gasteiger partial charge in [0.05, 0.1) is 21.7 Å². The molecule has 0 fully saturated rings. The van der Waals surface area contributed by atoms with Crippen LogP contribution in [0.15, 0.2) is 36.4 Å². The summed E-state index contributed by atoms with van der Waals surface area (Å²) in [5, 5.41) is 12.4. The zero-order valence-electron chi connectivity index (χ0n) is 17.3. The topological polar surface area (TPSA) is 37.3 Å². The molecule has 0 unspecified atom stereocenters. The molecule has 1 aliphatic rings. The third-order valence-corrected chi connectivity index (χ3v) is 13.7. The van der Waals surface area contributed by atoms with Gasteiger partial charge >= 0.3 is 5.97 Å². The van der Waals surface area contributed by atoms with E-state index in [9.17, 15) is 4.79 Å². The number of carbonyl (C=O) groups is 1. The minimum Gasteiger partial charge on any atom is -0.478 e. The average Bonchev–Trinajstić information content (AvgIpc) is 2.59. The number of aromatic carboxylic acids is 1. The second-order valence-electron chi connectivity index (χ2n) is 9.23. The monoisotopic (exact) mass is 394 g/mol. The fourth-order valence-corrected chi connectivity index (χ4v) is 14.5. The molecule has 0 amide bonds. The van der Waals surface area contributed by atoms with E-state index in [2.05, 4.69) is 58.2 Å². The van der Waals surface area contributed by atoms with E-state index >= 15 is 0 Å². The van der Waals surface area contributed by atoms with Crippen molar-refractivity contribution in [3.05, 3.63) is 58.7 Å². The molecule has 0 saturated heterocycles. The molecule has 1 heterocycles. The Hall–Kier alpha value is -1.92. The maximum absolute atomic E-state index is 11.0. The summed E-state index contributed by atoms with van der Waals surface area (Å²) < 4.78 is 0. The van der Waals surface area contributed by atoms with Crippen molar-refractivity contribution in [3.63, 3.8) is 0 Å². The van der Waals surface area contributed by atoms with Crippen LogP contribution in [0.5, 0.6) is 0 Å². The van der Waals surface area contributed by atoms with E-state index in [0.717, 1.165) is 5.56 Å². The molecular formula is C23H30O2Si2. The van der Waals surface area contributed by atoms with Crippen molar-refractivity contribution in [1.29, 1.82) is 0 Å². The molecule has 27 heavy (non-hydrogen) atoms. The lowest BCUT2D eigenvalue weighted by atomic mass is 9.99. The Balaban J connectivity index is 2.05.